The van der Waals surface area contributed by atoms with Gasteiger partial charge in [-0.25, -0.2) is 9.97 Å². The Bertz CT molecular complexity index is 2560. The zero-order valence-electron chi connectivity index (χ0n) is 46.8. The van der Waals surface area contributed by atoms with Gasteiger partial charge in [0.15, 0.2) is 0 Å². The van der Waals surface area contributed by atoms with Gasteiger partial charge in [-0.05, 0) is 127 Å². The van der Waals surface area contributed by atoms with E-state index in [0.717, 1.165) is 113 Å². The molecule has 2 atom stereocenters. The summed E-state index contributed by atoms with van der Waals surface area (Å²) in [6, 6.07) is 43.3. The summed E-state index contributed by atoms with van der Waals surface area (Å²) >= 11 is 0. The predicted octanol–water partition coefficient (Wildman–Crippen LogP) is 9.97. The molecule has 2 fully saturated rings. The van der Waals surface area contributed by atoms with Gasteiger partial charge < -0.3 is 40.9 Å². The van der Waals surface area contributed by atoms with Crippen LogP contribution in [0.1, 0.15) is 98.8 Å². The minimum Gasteiger partial charge on any atom is -0.370 e. The van der Waals surface area contributed by atoms with Crippen LogP contribution in [0.4, 0.5) is 23.0 Å². The molecule has 0 saturated carbocycles. The van der Waals surface area contributed by atoms with E-state index in [2.05, 4.69) is 103 Å². The number of amides is 4. The quantitative estimate of drug-likeness (QED) is 0.0517. The van der Waals surface area contributed by atoms with E-state index in [1.165, 1.54) is 22.3 Å². The molecule has 4 amide bonds. The Morgan fingerprint density at radius 3 is 1.14 bits per heavy atom. The van der Waals surface area contributed by atoms with Crippen molar-refractivity contribution in [1.29, 1.82) is 0 Å². The standard InChI is InChI=1S/2C32H41N5O2/c2*1-4-36(5-2)32(39)27-18-21-37(22-19-27)28-15-16-29(34-23-28)35-31(38)30(26-9-7-6-8-10-26)33-20-17-25-13-11-24(3)12-14-25/h2*6-16,23,27,30,33H,4-5,17-22H2,1-3H3,(H,34,35,38)/t2*30-/m10/s1. The third kappa shape index (κ3) is 16.8. The van der Waals surface area contributed by atoms with E-state index < -0.39 is 12.1 Å². The van der Waals surface area contributed by atoms with Crippen LogP contribution in [0, 0.1) is 25.7 Å². The van der Waals surface area contributed by atoms with Crippen molar-refractivity contribution in [3.63, 3.8) is 0 Å². The number of aromatic nitrogens is 2. The Kier molecular flexibility index (Phi) is 22.4. The Balaban J connectivity index is 0.000000226. The van der Waals surface area contributed by atoms with Crippen LogP contribution in [-0.4, -0.2) is 109 Å². The molecule has 2 aromatic heterocycles. The average Bonchev–Trinajstić information content (AvgIpc) is 3.49. The highest BCUT2D eigenvalue weighted by Crippen LogP contribution is 2.28. The van der Waals surface area contributed by atoms with Crippen LogP contribution in [-0.2, 0) is 32.0 Å². The largest absolute Gasteiger partial charge is 0.370 e. The van der Waals surface area contributed by atoms with Crippen LogP contribution < -0.4 is 31.1 Å². The molecule has 4 aromatic carbocycles. The molecule has 0 spiro atoms. The molecule has 2 aliphatic heterocycles. The molecule has 8 rings (SSSR count). The van der Waals surface area contributed by atoms with Gasteiger partial charge in [0, 0.05) is 77.3 Å². The second-order valence-corrected chi connectivity index (χ2v) is 20.4. The second kappa shape index (κ2) is 29.9. The summed E-state index contributed by atoms with van der Waals surface area (Å²) in [6.45, 7) is 20.0. The van der Waals surface area contributed by atoms with Gasteiger partial charge in [-0.2, -0.15) is 0 Å². The van der Waals surface area contributed by atoms with Gasteiger partial charge in [0.25, 0.3) is 0 Å². The van der Waals surface area contributed by atoms with Gasteiger partial charge in [-0.15, -0.1) is 0 Å². The zero-order chi connectivity index (χ0) is 55.2. The van der Waals surface area contributed by atoms with E-state index >= 15 is 0 Å². The molecule has 0 unspecified atom stereocenters. The first kappa shape index (κ1) is 58.3. The average molecular weight is 1060 g/mol. The Hall–Kier alpha value is -7.42. The maximum Gasteiger partial charge on any atom is 0.247 e. The van der Waals surface area contributed by atoms with Gasteiger partial charge in [0.1, 0.15) is 23.7 Å². The van der Waals surface area contributed by atoms with Gasteiger partial charge in [0.2, 0.25) is 23.6 Å². The molecule has 0 bridgehead atoms. The molecular formula is C64H82N10O4. The number of pyridine rings is 2. The van der Waals surface area contributed by atoms with Gasteiger partial charge in [-0.3, -0.25) is 19.2 Å². The van der Waals surface area contributed by atoms with Crippen molar-refractivity contribution < 1.29 is 19.2 Å². The molecule has 14 heteroatoms. The van der Waals surface area contributed by atoms with Crippen molar-refractivity contribution in [2.75, 3.05) is 85.9 Å². The number of carbonyl (C=O) groups is 4. The molecule has 412 valence electrons. The fraction of sp³-hybridized carbons (Fsp3) is 0.406. The Labute approximate surface area is 463 Å². The Morgan fingerprint density at radius 1 is 0.487 bits per heavy atom. The fourth-order valence-corrected chi connectivity index (χ4v) is 10.3. The SMILES string of the molecule is CCN(CC)C(=O)C1CCN(c2ccc(NC(=O)[C@@H](NCCc3ccc(C)cc3)c3ccccc3)nc2)CC1.CCN(CC)C(=O)C1CCN(c2ccc(NC(=O)[C@H](NCCc3ccc(C)cc3)c3ccccc3)nc2)CC1. The van der Waals surface area contributed by atoms with Crippen LogP contribution >= 0.6 is 0 Å². The molecule has 2 saturated heterocycles. The van der Waals surface area contributed by atoms with E-state index in [1.54, 1.807) is 0 Å². The zero-order valence-corrected chi connectivity index (χ0v) is 46.8. The van der Waals surface area contributed by atoms with E-state index in [4.69, 9.17) is 0 Å². The molecule has 6 aromatic rings. The maximum atomic E-state index is 13.3. The summed E-state index contributed by atoms with van der Waals surface area (Å²) in [5, 5.41) is 12.9. The minimum atomic E-state index is -0.486. The fourth-order valence-electron chi connectivity index (χ4n) is 10.3. The number of hydrogen-bond donors (Lipinski definition) is 4. The van der Waals surface area contributed by atoms with Crippen molar-refractivity contribution in [3.05, 3.63) is 179 Å². The lowest BCUT2D eigenvalue weighted by Gasteiger charge is -2.34. The number of nitrogens with zero attached hydrogens (tertiary/aromatic N) is 6. The van der Waals surface area contributed by atoms with Crippen LogP contribution in [0.5, 0.6) is 0 Å². The number of piperidine rings is 2. The lowest BCUT2D eigenvalue weighted by molar-refractivity contribution is -0.136. The lowest BCUT2D eigenvalue weighted by Crippen LogP contribution is -2.42. The lowest BCUT2D eigenvalue weighted by atomic mass is 9.95. The summed E-state index contributed by atoms with van der Waals surface area (Å²) < 4.78 is 0. The third-order valence-electron chi connectivity index (χ3n) is 15.1. The van der Waals surface area contributed by atoms with Crippen LogP contribution in [0.25, 0.3) is 0 Å². The van der Waals surface area contributed by atoms with Crippen LogP contribution in [0.3, 0.4) is 0 Å². The highest BCUT2D eigenvalue weighted by molar-refractivity contribution is 5.95. The van der Waals surface area contributed by atoms with Crippen molar-refractivity contribution >= 4 is 46.6 Å². The first-order chi connectivity index (χ1) is 38.0. The summed E-state index contributed by atoms with van der Waals surface area (Å²) in [5.74, 6) is 1.52. The molecule has 14 nitrogen and oxygen atoms in total. The normalized spacial score (nSPS) is 14.6. The Morgan fingerprint density at radius 2 is 0.833 bits per heavy atom. The van der Waals surface area contributed by atoms with E-state index in [0.29, 0.717) is 24.7 Å². The topological polar surface area (TPSA) is 155 Å². The monoisotopic (exact) mass is 1050 g/mol. The molecule has 0 radical (unpaired) electrons. The number of nitrogens with one attached hydrogen (secondary N) is 4. The third-order valence-corrected chi connectivity index (χ3v) is 15.1. The van der Waals surface area contributed by atoms with Crippen LogP contribution in [0.15, 0.2) is 146 Å². The number of anilines is 4. The summed E-state index contributed by atoms with van der Waals surface area (Å²) in [4.78, 5) is 69.6. The van der Waals surface area contributed by atoms with Crippen LogP contribution in [0.2, 0.25) is 0 Å². The van der Waals surface area contributed by atoms with Crippen molar-refractivity contribution in [2.24, 2.45) is 11.8 Å². The molecular weight excluding hydrogens is 973 g/mol. The van der Waals surface area contributed by atoms with Crippen molar-refractivity contribution in [3.8, 4) is 0 Å². The predicted molar refractivity (Wildman–Crippen MR) is 316 cm³/mol. The maximum absolute atomic E-state index is 13.3. The molecule has 0 aliphatic carbocycles. The minimum absolute atomic E-state index is 0.0982. The number of hydrogen-bond acceptors (Lipinski definition) is 10. The molecule has 4 N–H and O–H groups in total. The number of carbonyl (C=O) groups excluding carboxylic acids is 4. The highest BCUT2D eigenvalue weighted by atomic mass is 16.2. The van der Waals surface area contributed by atoms with Gasteiger partial charge >= 0.3 is 0 Å². The summed E-state index contributed by atoms with van der Waals surface area (Å²) in [7, 11) is 0. The smallest absolute Gasteiger partial charge is 0.247 e. The highest BCUT2D eigenvalue weighted by Gasteiger charge is 2.30. The van der Waals surface area contributed by atoms with Crippen molar-refractivity contribution in [2.45, 2.75) is 92.2 Å². The first-order valence-corrected chi connectivity index (χ1v) is 28.3. The van der Waals surface area contributed by atoms with E-state index in [-0.39, 0.29) is 35.5 Å². The second-order valence-electron chi connectivity index (χ2n) is 20.4. The summed E-state index contributed by atoms with van der Waals surface area (Å²) in [5.41, 5.74) is 8.80. The van der Waals surface area contributed by atoms with E-state index in [9.17, 15) is 19.2 Å². The van der Waals surface area contributed by atoms with Gasteiger partial charge in [0.05, 0.1) is 23.8 Å². The number of aryl methyl sites for hydroxylation is 2. The van der Waals surface area contributed by atoms with Gasteiger partial charge in [-0.1, -0.05) is 120 Å². The van der Waals surface area contributed by atoms with E-state index in [1.807, 2.05) is 135 Å². The summed E-state index contributed by atoms with van der Waals surface area (Å²) in [6.07, 6.45) is 8.68. The molecule has 4 heterocycles. The molecule has 2 aliphatic rings. The first-order valence-electron chi connectivity index (χ1n) is 28.3. The number of rotatable bonds is 22. The van der Waals surface area contributed by atoms with Crippen molar-refractivity contribution in [1.82, 2.24) is 30.4 Å². The number of benzene rings is 4. The molecule has 78 heavy (non-hydrogen) atoms.